The minimum atomic E-state index is -1.31. The van der Waals surface area contributed by atoms with Crippen molar-refractivity contribution in [1.82, 2.24) is 4.90 Å². The second kappa shape index (κ2) is 9.06. The Balaban J connectivity index is 2.34. The van der Waals surface area contributed by atoms with Gasteiger partial charge in [0.05, 0.1) is 11.1 Å². The number of rotatable bonds is 5. The average Bonchev–Trinajstić information content (AvgIpc) is 3.03. The van der Waals surface area contributed by atoms with Gasteiger partial charge in [0.25, 0.3) is 0 Å². The van der Waals surface area contributed by atoms with Gasteiger partial charge in [-0.2, -0.15) is 5.26 Å². The Hall–Kier alpha value is -1.67. The van der Waals surface area contributed by atoms with E-state index >= 15 is 8.78 Å². The van der Waals surface area contributed by atoms with Crippen LogP contribution in [0.1, 0.15) is 57.6 Å². The predicted molar refractivity (Wildman–Crippen MR) is 123 cm³/mol. The first-order valence-electron chi connectivity index (χ1n) is 10.6. The molecule has 1 aliphatic rings. The molecule has 3 atom stereocenters. The fourth-order valence-electron chi connectivity index (χ4n) is 5.27. The van der Waals surface area contributed by atoms with E-state index in [9.17, 15) is 5.26 Å². The van der Waals surface area contributed by atoms with Crippen molar-refractivity contribution in [3.8, 4) is 6.07 Å². The van der Waals surface area contributed by atoms with E-state index in [0.29, 0.717) is 12.1 Å². The Morgan fingerprint density at radius 2 is 1.90 bits per heavy atom. The molecule has 1 heterocycles. The number of hydrogen-bond acceptors (Lipinski definition) is 2. The summed E-state index contributed by atoms with van der Waals surface area (Å²) in [6.45, 7) is 9.44. The van der Waals surface area contributed by atoms with Gasteiger partial charge in [0.2, 0.25) is 0 Å². The number of hydrogen-bond donors (Lipinski definition) is 0. The van der Waals surface area contributed by atoms with Gasteiger partial charge >= 0.3 is 0 Å². The second-order valence-corrected chi connectivity index (χ2v) is 10.3. The van der Waals surface area contributed by atoms with Crippen LogP contribution in [0.4, 0.5) is 8.78 Å². The third kappa shape index (κ3) is 4.21. The molecule has 0 spiro atoms. The van der Waals surface area contributed by atoms with Gasteiger partial charge in [-0.05, 0) is 42.1 Å². The molecule has 0 aromatic heterocycles. The van der Waals surface area contributed by atoms with Crippen LogP contribution in [0.3, 0.4) is 0 Å². The summed E-state index contributed by atoms with van der Waals surface area (Å²) in [5, 5.41) is 11.0. The Morgan fingerprint density at radius 3 is 2.48 bits per heavy atom. The number of nitriles is 1. The minimum absolute atomic E-state index is 0.000217. The van der Waals surface area contributed by atoms with Crippen molar-refractivity contribution in [2.45, 2.75) is 57.9 Å². The highest BCUT2D eigenvalue weighted by molar-refractivity contribution is 6.31. The highest BCUT2D eigenvalue weighted by Crippen LogP contribution is 2.55. The molecule has 3 rings (SSSR count). The van der Waals surface area contributed by atoms with Gasteiger partial charge in [-0.25, -0.2) is 8.78 Å². The van der Waals surface area contributed by atoms with E-state index in [4.69, 9.17) is 23.2 Å². The van der Waals surface area contributed by atoms with Crippen molar-refractivity contribution >= 4 is 23.2 Å². The normalized spacial score (nSPS) is 24.4. The van der Waals surface area contributed by atoms with Crippen LogP contribution in [0, 0.1) is 28.4 Å². The van der Waals surface area contributed by atoms with E-state index in [2.05, 4.69) is 17.9 Å². The fraction of sp³-hybridized carbons (Fsp3) is 0.480. The van der Waals surface area contributed by atoms with Crippen LogP contribution in [0.2, 0.25) is 10.0 Å². The van der Waals surface area contributed by atoms with Crippen molar-refractivity contribution in [2.24, 2.45) is 5.41 Å². The number of unbranched alkanes of at least 4 members (excludes halogenated alkanes) is 1. The van der Waals surface area contributed by atoms with Crippen LogP contribution in [0.25, 0.3) is 0 Å². The lowest BCUT2D eigenvalue weighted by Crippen LogP contribution is -2.51. The van der Waals surface area contributed by atoms with E-state index in [1.807, 2.05) is 20.8 Å². The van der Waals surface area contributed by atoms with Gasteiger partial charge in [-0.1, -0.05) is 75.5 Å². The maximum absolute atomic E-state index is 15.4. The van der Waals surface area contributed by atoms with Gasteiger partial charge in [0.1, 0.15) is 17.0 Å². The Labute approximate surface area is 193 Å². The molecule has 0 N–H and O–H groups in total. The summed E-state index contributed by atoms with van der Waals surface area (Å²) in [5.41, 5.74) is -1.09. The maximum atomic E-state index is 15.4. The quantitative estimate of drug-likeness (QED) is 0.462. The average molecular weight is 465 g/mol. The molecule has 166 valence electrons. The summed E-state index contributed by atoms with van der Waals surface area (Å²) in [5.74, 6) is -1.69. The Morgan fingerprint density at radius 1 is 1.19 bits per heavy atom. The molecule has 0 radical (unpaired) electrons. The summed E-state index contributed by atoms with van der Waals surface area (Å²) in [6, 6.07) is 11.4. The Kier molecular flexibility index (Phi) is 7.01. The second-order valence-electron chi connectivity index (χ2n) is 9.42. The highest BCUT2D eigenvalue weighted by Gasteiger charge is 2.61. The van der Waals surface area contributed by atoms with Crippen LogP contribution in [-0.4, -0.2) is 24.0 Å². The number of likely N-dealkylation sites (tertiary alicyclic amines) is 1. The molecule has 2 nitrogen and oxygen atoms in total. The van der Waals surface area contributed by atoms with Crippen molar-refractivity contribution in [1.29, 1.82) is 5.26 Å². The first-order chi connectivity index (χ1) is 14.6. The molecule has 0 unspecified atom stereocenters. The molecular weight excluding hydrogens is 437 g/mol. The van der Waals surface area contributed by atoms with Crippen LogP contribution in [-0.2, 0) is 5.41 Å². The summed E-state index contributed by atoms with van der Waals surface area (Å²) in [4.78, 5) is 2.23. The molecule has 1 saturated heterocycles. The van der Waals surface area contributed by atoms with Crippen molar-refractivity contribution in [2.75, 3.05) is 13.1 Å². The zero-order valence-electron chi connectivity index (χ0n) is 18.4. The molecule has 6 heteroatoms. The number of benzene rings is 2. The molecule has 0 aliphatic carbocycles. The third-order valence-electron chi connectivity index (χ3n) is 6.30. The number of halogens is 4. The van der Waals surface area contributed by atoms with Gasteiger partial charge < -0.3 is 0 Å². The van der Waals surface area contributed by atoms with E-state index in [1.54, 1.807) is 24.3 Å². The van der Waals surface area contributed by atoms with Gasteiger partial charge in [-0.3, -0.25) is 4.90 Å². The molecule has 1 aliphatic heterocycles. The SMILES string of the molecule is CCCCN1C[C@H](c2cccc(Cl)c2F)[C@@](C#N)(c2ccc(Cl)cc2F)[C@@H]1C(C)(C)C. The van der Waals surface area contributed by atoms with Crippen LogP contribution in [0.5, 0.6) is 0 Å². The zero-order chi connectivity index (χ0) is 23.0. The predicted octanol–water partition coefficient (Wildman–Crippen LogP) is 7.35. The lowest BCUT2D eigenvalue weighted by molar-refractivity contribution is 0.109. The van der Waals surface area contributed by atoms with Gasteiger partial charge in [0, 0.05) is 29.1 Å². The summed E-state index contributed by atoms with van der Waals surface area (Å²) in [7, 11) is 0. The lowest BCUT2D eigenvalue weighted by atomic mass is 9.61. The van der Waals surface area contributed by atoms with E-state index in [-0.39, 0.29) is 27.1 Å². The van der Waals surface area contributed by atoms with Crippen LogP contribution in [0.15, 0.2) is 36.4 Å². The summed E-state index contributed by atoms with van der Waals surface area (Å²) >= 11 is 12.1. The third-order valence-corrected chi connectivity index (χ3v) is 6.83. The minimum Gasteiger partial charge on any atom is -0.297 e. The number of nitrogens with zero attached hydrogens (tertiary/aromatic N) is 2. The topological polar surface area (TPSA) is 27.0 Å². The van der Waals surface area contributed by atoms with Crippen molar-refractivity contribution in [3.05, 3.63) is 69.2 Å². The standard InChI is InChI=1S/C25H28Cl2F2N2/c1-5-6-12-31-14-19(17-8-7-9-20(27)22(17)29)25(15-30,23(31)24(2,3)4)18-11-10-16(26)13-21(18)28/h7-11,13,19,23H,5-6,12,14H2,1-4H3/t19-,23+,25-/m1/s1. The molecule has 31 heavy (non-hydrogen) atoms. The van der Waals surface area contributed by atoms with E-state index in [1.165, 1.54) is 12.1 Å². The zero-order valence-corrected chi connectivity index (χ0v) is 19.9. The van der Waals surface area contributed by atoms with Gasteiger partial charge in [0.15, 0.2) is 0 Å². The highest BCUT2D eigenvalue weighted by atomic mass is 35.5. The molecule has 0 saturated carbocycles. The van der Waals surface area contributed by atoms with Crippen molar-refractivity contribution < 1.29 is 8.78 Å². The first-order valence-corrected chi connectivity index (χ1v) is 11.4. The van der Waals surface area contributed by atoms with Gasteiger partial charge in [-0.15, -0.1) is 0 Å². The maximum Gasteiger partial charge on any atom is 0.145 e. The smallest absolute Gasteiger partial charge is 0.145 e. The fourth-order valence-corrected chi connectivity index (χ4v) is 5.61. The molecule has 2 aromatic rings. The van der Waals surface area contributed by atoms with Crippen LogP contribution < -0.4 is 0 Å². The molecule has 1 fully saturated rings. The summed E-state index contributed by atoms with van der Waals surface area (Å²) in [6.07, 6.45) is 1.92. The van der Waals surface area contributed by atoms with Crippen molar-refractivity contribution in [3.63, 3.8) is 0 Å². The lowest BCUT2D eigenvalue weighted by Gasteiger charge is -2.44. The van der Waals surface area contributed by atoms with E-state index < -0.39 is 23.0 Å². The molecule has 0 amide bonds. The van der Waals surface area contributed by atoms with E-state index in [0.717, 1.165) is 19.4 Å². The first kappa shape index (κ1) is 24.0. The monoisotopic (exact) mass is 464 g/mol. The Bertz CT molecular complexity index is 996. The van der Waals surface area contributed by atoms with Crippen LogP contribution >= 0.6 is 23.2 Å². The molecule has 0 bridgehead atoms. The summed E-state index contributed by atoms with van der Waals surface area (Å²) < 4.78 is 30.6. The largest absolute Gasteiger partial charge is 0.297 e. The molecular formula is C25H28Cl2F2N2. The molecule has 2 aromatic carbocycles.